The molecule has 1 unspecified atom stereocenters. The third-order valence-corrected chi connectivity index (χ3v) is 1.54. The second-order valence-corrected chi connectivity index (χ2v) is 2.42. The van der Waals surface area contributed by atoms with E-state index >= 15 is 0 Å². The molecule has 0 nitrogen and oxygen atoms in total. The molecular weight excluding hydrogens is 161 g/mol. The largest absolute Gasteiger partial charge is 0.340 e. The van der Waals surface area contributed by atoms with Crippen molar-refractivity contribution in [1.82, 2.24) is 0 Å². The molecule has 1 atom stereocenters. The Morgan fingerprint density at radius 3 is 2.22 bits per heavy atom. The van der Waals surface area contributed by atoms with E-state index in [0.29, 0.717) is 5.92 Å². The van der Waals surface area contributed by atoms with Gasteiger partial charge in [-0.1, -0.05) is 39.5 Å². The second-order valence-electron chi connectivity index (χ2n) is 2.42. The van der Waals surface area contributed by atoms with E-state index < -0.39 is 0 Å². The van der Waals surface area contributed by atoms with Crippen LogP contribution in [-0.2, 0) is 19.5 Å². The predicted molar refractivity (Wildman–Crippen MR) is 38.7 cm³/mol. The number of hydrogen-bond donors (Lipinski definition) is 0. The Kier molecular flexibility index (Phi) is 11.8. The van der Waals surface area contributed by atoms with Crippen LogP contribution >= 0.6 is 0 Å². The number of rotatable bonds is 4. The van der Waals surface area contributed by atoms with E-state index in [1.54, 1.807) is 0 Å². The molecule has 52 valence electrons. The average Bonchev–Trinajstić information content (AvgIpc) is 1.83. The molecule has 0 aliphatic heterocycles. The number of unbranched alkanes of at least 4 members (excludes halogenated alkanes) is 1. The van der Waals surface area contributed by atoms with Crippen LogP contribution in [-0.4, -0.2) is 0 Å². The van der Waals surface area contributed by atoms with Crippen molar-refractivity contribution in [3.63, 3.8) is 0 Å². The Balaban J connectivity index is 0. The van der Waals surface area contributed by atoms with Crippen LogP contribution in [0.25, 0.3) is 0 Å². The molecule has 0 bridgehead atoms. The van der Waals surface area contributed by atoms with E-state index in [1.807, 2.05) is 0 Å². The standard InChI is InChI=1S/C8H17.Zn/c1-4-6-7-8(3)5-2;/h8H,3-7H2,1-2H3;/q-1;. The van der Waals surface area contributed by atoms with Gasteiger partial charge in [-0.15, -0.1) is 0 Å². The quantitative estimate of drug-likeness (QED) is 0.459. The zero-order valence-electron chi connectivity index (χ0n) is 6.82. The first kappa shape index (κ1) is 12.3. The van der Waals surface area contributed by atoms with Crippen LogP contribution in [0.1, 0.15) is 39.5 Å². The van der Waals surface area contributed by atoms with Gasteiger partial charge in [-0.2, -0.15) is 5.92 Å². The molecule has 0 aromatic carbocycles. The molecule has 0 aromatic heterocycles. The van der Waals surface area contributed by atoms with Crippen molar-refractivity contribution in [2.45, 2.75) is 39.5 Å². The normalized spacial score (nSPS) is 12.3. The third-order valence-electron chi connectivity index (χ3n) is 1.54. The molecule has 0 heterocycles. The molecular formula is C8H17Zn-. The molecule has 0 rings (SSSR count). The summed E-state index contributed by atoms with van der Waals surface area (Å²) < 4.78 is 0. The van der Waals surface area contributed by atoms with Crippen LogP contribution in [0.5, 0.6) is 0 Å². The summed E-state index contributed by atoms with van der Waals surface area (Å²) in [6.07, 6.45) is 5.21. The summed E-state index contributed by atoms with van der Waals surface area (Å²) in [4.78, 5) is 0. The zero-order chi connectivity index (χ0) is 6.41. The molecule has 0 saturated heterocycles. The maximum atomic E-state index is 3.99. The topological polar surface area (TPSA) is 0 Å². The summed E-state index contributed by atoms with van der Waals surface area (Å²) in [5, 5.41) is 0. The molecule has 0 saturated carbocycles. The SMILES string of the molecule is [CH2-]C(CC)CCCC.[Zn]. The van der Waals surface area contributed by atoms with E-state index in [1.165, 1.54) is 25.7 Å². The summed E-state index contributed by atoms with van der Waals surface area (Å²) in [5.74, 6) is 0.704. The first-order valence-corrected chi connectivity index (χ1v) is 3.64. The van der Waals surface area contributed by atoms with Crippen LogP contribution in [0.3, 0.4) is 0 Å². The molecule has 0 aliphatic carbocycles. The fraction of sp³-hybridized carbons (Fsp3) is 0.875. The van der Waals surface area contributed by atoms with E-state index in [0.717, 1.165) is 0 Å². The van der Waals surface area contributed by atoms with Gasteiger partial charge in [-0.3, -0.25) is 0 Å². The van der Waals surface area contributed by atoms with Gasteiger partial charge in [-0.25, -0.2) is 0 Å². The van der Waals surface area contributed by atoms with Crippen molar-refractivity contribution in [2.24, 2.45) is 5.92 Å². The summed E-state index contributed by atoms with van der Waals surface area (Å²) in [6, 6.07) is 0. The predicted octanol–water partition coefficient (Wildman–Crippen LogP) is 3.03. The van der Waals surface area contributed by atoms with Gasteiger partial charge in [-0.05, 0) is 0 Å². The Hall–Kier alpha value is 0.623. The molecule has 0 amide bonds. The Morgan fingerprint density at radius 1 is 1.33 bits per heavy atom. The molecule has 0 spiro atoms. The molecule has 0 aliphatic rings. The van der Waals surface area contributed by atoms with Gasteiger partial charge in [0.25, 0.3) is 0 Å². The molecule has 9 heavy (non-hydrogen) atoms. The third kappa shape index (κ3) is 8.62. The first-order chi connectivity index (χ1) is 3.81. The fourth-order valence-corrected chi connectivity index (χ4v) is 0.697. The summed E-state index contributed by atoms with van der Waals surface area (Å²) in [5.41, 5.74) is 0. The van der Waals surface area contributed by atoms with Crippen LogP contribution in [0.15, 0.2) is 0 Å². The van der Waals surface area contributed by atoms with Crippen LogP contribution in [0, 0.1) is 12.8 Å². The van der Waals surface area contributed by atoms with E-state index in [2.05, 4.69) is 20.8 Å². The van der Waals surface area contributed by atoms with Crippen molar-refractivity contribution in [3.8, 4) is 0 Å². The van der Waals surface area contributed by atoms with Crippen LogP contribution in [0.4, 0.5) is 0 Å². The van der Waals surface area contributed by atoms with Crippen molar-refractivity contribution >= 4 is 0 Å². The monoisotopic (exact) mass is 177 g/mol. The smallest absolute Gasteiger partial charge is 0 e. The van der Waals surface area contributed by atoms with Crippen molar-refractivity contribution in [3.05, 3.63) is 6.92 Å². The van der Waals surface area contributed by atoms with Gasteiger partial charge in [0.15, 0.2) is 0 Å². The Labute approximate surface area is 72.2 Å². The van der Waals surface area contributed by atoms with Gasteiger partial charge in [0.2, 0.25) is 0 Å². The summed E-state index contributed by atoms with van der Waals surface area (Å²) in [7, 11) is 0. The van der Waals surface area contributed by atoms with Crippen molar-refractivity contribution < 1.29 is 19.5 Å². The minimum atomic E-state index is 0. The molecule has 0 radical (unpaired) electrons. The second kappa shape index (κ2) is 8.62. The molecule has 0 fully saturated rings. The van der Waals surface area contributed by atoms with Gasteiger partial charge >= 0.3 is 0 Å². The van der Waals surface area contributed by atoms with Gasteiger partial charge in [0, 0.05) is 19.5 Å². The summed E-state index contributed by atoms with van der Waals surface area (Å²) in [6.45, 7) is 8.42. The zero-order valence-corrected chi connectivity index (χ0v) is 9.79. The van der Waals surface area contributed by atoms with E-state index in [-0.39, 0.29) is 19.5 Å². The van der Waals surface area contributed by atoms with Crippen molar-refractivity contribution in [1.29, 1.82) is 0 Å². The van der Waals surface area contributed by atoms with Crippen LogP contribution in [0.2, 0.25) is 0 Å². The van der Waals surface area contributed by atoms with Crippen LogP contribution < -0.4 is 0 Å². The molecule has 0 N–H and O–H groups in total. The van der Waals surface area contributed by atoms with Gasteiger partial charge < -0.3 is 6.92 Å². The maximum Gasteiger partial charge on any atom is 0 e. The van der Waals surface area contributed by atoms with E-state index in [9.17, 15) is 0 Å². The van der Waals surface area contributed by atoms with Crippen molar-refractivity contribution in [2.75, 3.05) is 0 Å². The molecule has 0 aromatic rings. The summed E-state index contributed by atoms with van der Waals surface area (Å²) >= 11 is 0. The Morgan fingerprint density at radius 2 is 1.89 bits per heavy atom. The maximum absolute atomic E-state index is 3.99. The first-order valence-electron chi connectivity index (χ1n) is 3.64. The number of hydrogen-bond acceptors (Lipinski definition) is 0. The fourth-order valence-electron chi connectivity index (χ4n) is 0.697. The van der Waals surface area contributed by atoms with E-state index in [4.69, 9.17) is 0 Å². The molecule has 1 heteroatoms. The minimum absolute atomic E-state index is 0. The van der Waals surface area contributed by atoms with Gasteiger partial charge in [0.05, 0.1) is 0 Å². The Bertz CT molecular complexity index is 43.8. The van der Waals surface area contributed by atoms with Gasteiger partial charge in [0.1, 0.15) is 0 Å². The minimum Gasteiger partial charge on any atom is -0.340 e. The average molecular weight is 179 g/mol.